The molecule has 1 aliphatic rings. The molecule has 0 saturated carbocycles. The SMILES string of the molecule is CCN(C(=O)N/C=C/c1ccccc1)C1CCS(=O)(=O)C1. The lowest BCUT2D eigenvalue weighted by Gasteiger charge is -2.26. The molecule has 1 aromatic carbocycles. The predicted molar refractivity (Wildman–Crippen MR) is 83.4 cm³/mol. The number of sulfone groups is 1. The average molecular weight is 308 g/mol. The lowest BCUT2D eigenvalue weighted by Crippen LogP contribution is -2.45. The highest BCUT2D eigenvalue weighted by molar-refractivity contribution is 7.91. The molecule has 1 heterocycles. The number of rotatable bonds is 4. The third-order valence-electron chi connectivity index (χ3n) is 3.53. The van der Waals surface area contributed by atoms with Gasteiger partial charge >= 0.3 is 6.03 Å². The van der Waals surface area contributed by atoms with Crippen LogP contribution < -0.4 is 5.32 Å². The van der Waals surface area contributed by atoms with Gasteiger partial charge in [0.05, 0.1) is 11.5 Å². The van der Waals surface area contributed by atoms with Crippen LogP contribution in [-0.4, -0.2) is 43.4 Å². The van der Waals surface area contributed by atoms with Gasteiger partial charge in [-0.15, -0.1) is 0 Å². The van der Waals surface area contributed by atoms with Gasteiger partial charge in [-0.2, -0.15) is 0 Å². The molecule has 0 aliphatic carbocycles. The topological polar surface area (TPSA) is 66.5 Å². The zero-order valence-corrected chi connectivity index (χ0v) is 12.8. The third kappa shape index (κ3) is 4.32. The summed E-state index contributed by atoms with van der Waals surface area (Å²) in [5.74, 6) is 0.234. The van der Waals surface area contributed by atoms with Crippen molar-refractivity contribution < 1.29 is 13.2 Å². The molecule has 114 valence electrons. The standard InChI is InChI=1S/C15H20N2O3S/c1-2-17(14-9-11-21(19,20)12-14)15(18)16-10-8-13-6-4-3-5-7-13/h3-8,10,14H,2,9,11-12H2,1H3,(H,16,18)/b10-8+. The molecule has 0 aromatic heterocycles. The highest BCUT2D eigenvalue weighted by Gasteiger charge is 2.33. The number of hydrogen-bond acceptors (Lipinski definition) is 3. The van der Waals surface area contributed by atoms with Gasteiger partial charge in [0.2, 0.25) is 0 Å². The molecule has 0 bridgehead atoms. The molecule has 0 spiro atoms. The summed E-state index contributed by atoms with van der Waals surface area (Å²) in [4.78, 5) is 13.7. The van der Waals surface area contributed by atoms with Gasteiger partial charge in [0.1, 0.15) is 0 Å². The Morgan fingerprint density at radius 3 is 2.67 bits per heavy atom. The summed E-state index contributed by atoms with van der Waals surface area (Å²) in [5.41, 5.74) is 0.990. The number of benzene rings is 1. The smallest absolute Gasteiger partial charge is 0.321 e. The molecule has 1 atom stereocenters. The summed E-state index contributed by atoms with van der Waals surface area (Å²) < 4.78 is 23.0. The maximum absolute atomic E-state index is 12.1. The zero-order valence-electron chi connectivity index (χ0n) is 12.0. The minimum atomic E-state index is -2.99. The van der Waals surface area contributed by atoms with E-state index in [1.807, 2.05) is 37.3 Å². The largest absolute Gasteiger partial charge is 0.321 e. The number of nitrogens with zero attached hydrogens (tertiary/aromatic N) is 1. The Balaban J connectivity index is 1.93. The monoisotopic (exact) mass is 308 g/mol. The van der Waals surface area contributed by atoms with Gasteiger partial charge in [-0.1, -0.05) is 30.3 Å². The minimum absolute atomic E-state index is 0.0661. The van der Waals surface area contributed by atoms with Crippen LogP contribution >= 0.6 is 0 Å². The number of nitrogens with one attached hydrogen (secondary N) is 1. The third-order valence-corrected chi connectivity index (χ3v) is 5.28. The fourth-order valence-electron chi connectivity index (χ4n) is 2.45. The molecule has 1 unspecified atom stereocenters. The first-order valence-corrected chi connectivity index (χ1v) is 8.83. The molecule has 1 aliphatic heterocycles. The van der Waals surface area contributed by atoms with E-state index in [-0.39, 0.29) is 23.6 Å². The lowest BCUT2D eigenvalue weighted by atomic mass is 10.2. The maximum atomic E-state index is 12.1. The van der Waals surface area contributed by atoms with Gasteiger partial charge in [0, 0.05) is 18.8 Å². The first kappa shape index (κ1) is 15.6. The van der Waals surface area contributed by atoms with E-state index in [9.17, 15) is 13.2 Å². The Labute approximate surface area is 125 Å². The van der Waals surface area contributed by atoms with Crippen LogP contribution in [0.4, 0.5) is 4.79 Å². The van der Waals surface area contributed by atoms with Crippen LogP contribution in [0.5, 0.6) is 0 Å². The van der Waals surface area contributed by atoms with Crippen molar-refractivity contribution in [1.29, 1.82) is 0 Å². The summed E-state index contributed by atoms with van der Waals surface area (Å²) in [6.45, 7) is 2.34. The Morgan fingerprint density at radius 2 is 2.10 bits per heavy atom. The van der Waals surface area contributed by atoms with Crippen LogP contribution in [0.15, 0.2) is 36.5 Å². The Bertz CT molecular complexity index is 611. The van der Waals surface area contributed by atoms with Crippen molar-refractivity contribution in [2.24, 2.45) is 0 Å². The van der Waals surface area contributed by atoms with Crippen LogP contribution in [0.1, 0.15) is 18.9 Å². The minimum Gasteiger partial charge on any atom is -0.321 e. The van der Waals surface area contributed by atoms with Crippen LogP contribution in [-0.2, 0) is 9.84 Å². The van der Waals surface area contributed by atoms with Crippen LogP contribution in [0.3, 0.4) is 0 Å². The van der Waals surface area contributed by atoms with E-state index < -0.39 is 9.84 Å². The Hall–Kier alpha value is -1.82. The van der Waals surface area contributed by atoms with Gasteiger partial charge in [-0.3, -0.25) is 0 Å². The summed E-state index contributed by atoms with van der Waals surface area (Å²) in [6.07, 6.45) is 3.91. The quantitative estimate of drug-likeness (QED) is 0.923. The van der Waals surface area contributed by atoms with E-state index in [1.165, 1.54) is 0 Å². The van der Waals surface area contributed by atoms with E-state index in [0.717, 1.165) is 5.56 Å². The molecule has 5 nitrogen and oxygen atoms in total. The molecule has 2 amide bonds. The lowest BCUT2D eigenvalue weighted by molar-refractivity contribution is 0.187. The molecular weight excluding hydrogens is 288 g/mol. The summed E-state index contributed by atoms with van der Waals surface area (Å²) >= 11 is 0. The second kappa shape index (κ2) is 6.76. The van der Waals surface area contributed by atoms with Gasteiger partial charge < -0.3 is 10.2 Å². The second-order valence-corrected chi connectivity index (χ2v) is 7.27. The zero-order chi connectivity index (χ0) is 15.3. The van der Waals surface area contributed by atoms with Crippen molar-refractivity contribution in [3.63, 3.8) is 0 Å². The highest BCUT2D eigenvalue weighted by atomic mass is 32.2. The van der Waals surface area contributed by atoms with Crippen molar-refractivity contribution in [3.05, 3.63) is 42.1 Å². The van der Waals surface area contributed by atoms with Gasteiger partial charge in [0.15, 0.2) is 9.84 Å². The second-order valence-electron chi connectivity index (χ2n) is 5.04. The molecule has 21 heavy (non-hydrogen) atoms. The van der Waals surface area contributed by atoms with E-state index >= 15 is 0 Å². The highest BCUT2D eigenvalue weighted by Crippen LogP contribution is 2.17. The van der Waals surface area contributed by atoms with Gasteiger partial charge in [0.25, 0.3) is 0 Å². The van der Waals surface area contributed by atoms with Crippen LogP contribution in [0.2, 0.25) is 0 Å². The van der Waals surface area contributed by atoms with E-state index in [4.69, 9.17) is 0 Å². The molecule has 1 saturated heterocycles. The van der Waals surface area contributed by atoms with E-state index in [2.05, 4.69) is 5.32 Å². The number of amides is 2. The Morgan fingerprint density at radius 1 is 1.38 bits per heavy atom. The first-order valence-electron chi connectivity index (χ1n) is 7.01. The normalized spacial score (nSPS) is 20.5. The Kier molecular flexibility index (Phi) is 5.01. The molecular formula is C15H20N2O3S. The number of hydrogen-bond donors (Lipinski definition) is 1. The number of carbonyl (C=O) groups is 1. The van der Waals surface area contributed by atoms with E-state index in [1.54, 1.807) is 17.2 Å². The molecule has 0 radical (unpaired) electrons. The van der Waals surface area contributed by atoms with Crippen molar-refractivity contribution in [3.8, 4) is 0 Å². The van der Waals surface area contributed by atoms with Crippen molar-refractivity contribution in [2.45, 2.75) is 19.4 Å². The molecule has 1 fully saturated rings. The van der Waals surface area contributed by atoms with E-state index in [0.29, 0.717) is 13.0 Å². The molecule has 2 rings (SSSR count). The van der Waals surface area contributed by atoms with Crippen molar-refractivity contribution in [2.75, 3.05) is 18.1 Å². The van der Waals surface area contributed by atoms with Gasteiger partial charge in [-0.25, -0.2) is 13.2 Å². The first-order chi connectivity index (χ1) is 10.0. The maximum Gasteiger partial charge on any atom is 0.321 e. The fraction of sp³-hybridized carbons (Fsp3) is 0.400. The fourth-order valence-corrected chi connectivity index (χ4v) is 4.18. The van der Waals surface area contributed by atoms with Crippen LogP contribution in [0, 0.1) is 0 Å². The number of urea groups is 1. The average Bonchev–Trinajstić information content (AvgIpc) is 2.81. The van der Waals surface area contributed by atoms with Crippen molar-refractivity contribution >= 4 is 21.9 Å². The van der Waals surface area contributed by atoms with Gasteiger partial charge in [-0.05, 0) is 25.0 Å². The van der Waals surface area contributed by atoms with Crippen LogP contribution in [0.25, 0.3) is 6.08 Å². The summed E-state index contributed by atoms with van der Waals surface area (Å²) in [6, 6.07) is 9.16. The molecule has 1 aromatic rings. The molecule has 1 N–H and O–H groups in total. The number of carbonyl (C=O) groups excluding carboxylic acids is 1. The summed E-state index contributed by atoms with van der Waals surface area (Å²) in [5, 5.41) is 2.70. The predicted octanol–water partition coefficient (Wildman–Crippen LogP) is 1.88. The summed E-state index contributed by atoms with van der Waals surface area (Å²) in [7, 11) is -2.99. The molecule has 6 heteroatoms. The van der Waals surface area contributed by atoms with Crippen molar-refractivity contribution in [1.82, 2.24) is 10.2 Å².